The van der Waals surface area contributed by atoms with Crippen LogP contribution in [-0.4, -0.2) is 32.9 Å². The molecule has 5 nitrogen and oxygen atoms in total. The van der Waals surface area contributed by atoms with Gasteiger partial charge in [0.1, 0.15) is 5.82 Å². The molecule has 0 radical (unpaired) electrons. The second-order valence-electron chi connectivity index (χ2n) is 6.07. The molecule has 0 unspecified atom stereocenters. The lowest BCUT2D eigenvalue weighted by atomic mass is 10.1. The highest BCUT2D eigenvalue weighted by atomic mass is 32.2. The molecule has 0 spiro atoms. The number of carbonyl (C=O) groups excluding carboxylic acids is 1. The summed E-state index contributed by atoms with van der Waals surface area (Å²) in [6.45, 7) is 0. The standard InChI is InChI=1S/C17H19N3O2S2/c21-13-10-24-15(11-4-2-1-3-5-11)14-16(18-13)20(19-17(14)22)12-6-8-23-9-7-12/h1-5,12,15H,6-10H2,(H,18,21)(H,19,22)/t15-/m0/s1. The third kappa shape index (κ3) is 2.91. The Labute approximate surface area is 148 Å². The summed E-state index contributed by atoms with van der Waals surface area (Å²) in [5.74, 6) is 3.15. The van der Waals surface area contributed by atoms with Crippen LogP contribution in [-0.2, 0) is 4.79 Å². The van der Waals surface area contributed by atoms with E-state index in [2.05, 4.69) is 10.4 Å². The molecule has 2 N–H and O–H groups in total. The van der Waals surface area contributed by atoms with Crippen LogP contribution in [0.1, 0.15) is 35.3 Å². The number of benzene rings is 1. The SMILES string of the molecule is O=C1CS[C@@H](c2ccccc2)c2c(n(C3CCSCC3)[nH]c2=O)N1. The minimum Gasteiger partial charge on any atom is -0.310 e. The van der Waals surface area contributed by atoms with Crippen LogP contribution in [0.2, 0.25) is 0 Å². The van der Waals surface area contributed by atoms with Gasteiger partial charge in [0.15, 0.2) is 0 Å². The first-order valence-electron chi connectivity index (χ1n) is 8.12. The van der Waals surface area contributed by atoms with E-state index in [1.165, 1.54) is 11.8 Å². The summed E-state index contributed by atoms with van der Waals surface area (Å²) in [5, 5.41) is 5.85. The van der Waals surface area contributed by atoms with Crippen molar-refractivity contribution < 1.29 is 4.79 Å². The quantitative estimate of drug-likeness (QED) is 0.863. The van der Waals surface area contributed by atoms with E-state index in [1.54, 1.807) is 0 Å². The highest BCUT2D eigenvalue weighted by Crippen LogP contribution is 2.41. The maximum atomic E-state index is 12.7. The van der Waals surface area contributed by atoms with Gasteiger partial charge in [0.25, 0.3) is 5.56 Å². The Morgan fingerprint density at radius 3 is 2.58 bits per heavy atom. The van der Waals surface area contributed by atoms with Crippen LogP contribution >= 0.6 is 23.5 Å². The van der Waals surface area contributed by atoms with Crippen molar-refractivity contribution in [3.8, 4) is 0 Å². The molecule has 7 heteroatoms. The molecule has 1 amide bonds. The van der Waals surface area contributed by atoms with Crippen LogP contribution in [0.4, 0.5) is 5.82 Å². The number of carbonyl (C=O) groups is 1. The average Bonchev–Trinajstić information content (AvgIpc) is 2.83. The lowest BCUT2D eigenvalue weighted by Crippen LogP contribution is -2.22. The van der Waals surface area contributed by atoms with Crippen molar-refractivity contribution >= 4 is 35.2 Å². The van der Waals surface area contributed by atoms with Crippen LogP contribution < -0.4 is 10.9 Å². The molecule has 1 aromatic heterocycles. The van der Waals surface area contributed by atoms with Crippen LogP contribution in [0.15, 0.2) is 35.1 Å². The molecule has 3 heterocycles. The molecule has 1 aromatic carbocycles. The number of hydrogen-bond acceptors (Lipinski definition) is 4. The van der Waals surface area contributed by atoms with Gasteiger partial charge < -0.3 is 5.32 Å². The number of amides is 1. The molecule has 2 aliphatic heterocycles. The smallest absolute Gasteiger partial charge is 0.270 e. The summed E-state index contributed by atoms with van der Waals surface area (Å²) in [7, 11) is 0. The van der Waals surface area contributed by atoms with E-state index in [0.29, 0.717) is 17.1 Å². The third-order valence-corrected chi connectivity index (χ3v) is 6.84. The summed E-state index contributed by atoms with van der Waals surface area (Å²) in [6, 6.07) is 10.2. The fourth-order valence-electron chi connectivity index (χ4n) is 3.35. The number of nitrogens with one attached hydrogen (secondary N) is 2. The Morgan fingerprint density at radius 1 is 1.08 bits per heavy atom. The molecule has 126 valence electrons. The Bertz CT molecular complexity index is 794. The van der Waals surface area contributed by atoms with Gasteiger partial charge in [-0.05, 0) is 29.9 Å². The molecule has 0 bridgehead atoms. The molecule has 2 aliphatic rings. The van der Waals surface area contributed by atoms with Crippen molar-refractivity contribution in [1.29, 1.82) is 0 Å². The van der Waals surface area contributed by atoms with Crippen molar-refractivity contribution in [1.82, 2.24) is 9.78 Å². The summed E-state index contributed by atoms with van der Waals surface area (Å²) in [6.07, 6.45) is 2.03. The first-order chi connectivity index (χ1) is 11.7. The van der Waals surface area contributed by atoms with Crippen molar-refractivity contribution in [2.24, 2.45) is 0 Å². The molecule has 4 rings (SSSR count). The number of rotatable bonds is 2. The van der Waals surface area contributed by atoms with Gasteiger partial charge >= 0.3 is 0 Å². The predicted molar refractivity (Wildman–Crippen MR) is 100 cm³/mol. The lowest BCUT2D eigenvalue weighted by Gasteiger charge is -2.24. The highest BCUT2D eigenvalue weighted by Gasteiger charge is 2.32. The van der Waals surface area contributed by atoms with Crippen LogP contribution in [0.3, 0.4) is 0 Å². The summed E-state index contributed by atoms with van der Waals surface area (Å²) in [5.41, 5.74) is 1.64. The largest absolute Gasteiger partial charge is 0.310 e. The van der Waals surface area contributed by atoms with Gasteiger partial charge in [-0.25, -0.2) is 0 Å². The molecular formula is C17H19N3O2S2. The van der Waals surface area contributed by atoms with E-state index in [0.717, 1.165) is 29.9 Å². The topological polar surface area (TPSA) is 66.9 Å². The zero-order valence-electron chi connectivity index (χ0n) is 13.2. The minimum absolute atomic E-state index is 0.0439. The van der Waals surface area contributed by atoms with Crippen molar-refractivity contribution in [2.75, 3.05) is 22.6 Å². The number of fused-ring (bicyclic) bond motifs is 1. The first-order valence-corrected chi connectivity index (χ1v) is 10.3. The Kier molecular flexibility index (Phi) is 4.45. The Hall–Kier alpha value is -1.60. The van der Waals surface area contributed by atoms with Crippen LogP contribution in [0, 0.1) is 0 Å². The number of H-pyrrole nitrogens is 1. The Balaban J connectivity index is 1.82. The number of aromatic nitrogens is 2. The van der Waals surface area contributed by atoms with Gasteiger partial charge in [0.05, 0.1) is 22.6 Å². The maximum Gasteiger partial charge on any atom is 0.270 e. The van der Waals surface area contributed by atoms with E-state index in [4.69, 9.17) is 0 Å². The van der Waals surface area contributed by atoms with Crippen molar-refractivity contribution in [3.05, 3.63) is 51.8 Å². The summed E-state index contributed by atoms with van der Waals surface area (Å²) >= 11 is 3.46. The van der Waals surface area contributed by atoms with Gasteiger partial charge in [0.2, 0.25) is 5.91 Å². The van der Waals surface area contributed by atoms with E-state index >= 15 is 0 Å². The van der Waals surface area contributed by atoms with Gasteiger partial charge in [-0.2, -0.15) is 11.8 Å². The zero-order valence-corrected chi connectivity index (χ0v) is 14.8. The third-order valence-electron chi connectivity index (χ3n) is 4.52. The fourth-order valence-corrected chi connectivity index (χ4v) is 5.56. The van der Waals surface area contributed by atoms with Gasteiger partial charge in [-0.3, -0.25) is 19.4 Å². The summed E-state index contributed by atoms with van der Waals surface area (Å²) < 4.78 is 1.91. The molecule has 24 heavy (non-hydrogen) atoms. The molecule has 2 aromatic rings. The van der Waals surface area contributed by atoms with E-state index in [-0.39, 0.29) is 22.8 Å². The Morgan fingerprint density at radius 2 is 1.83 bits per heavy atom. The second-order valence-corrected chi connectivity index (χ2v) is 8.38. The number of thioether (sulfide) groups is 2. The number of hydrogen-bond donors (Lipinski definition) is 2. The molecule has 1 atom stereocenters. The maximum absolute atomic E-state index is 12.7. The first kappa shape index (κ1) is 15.9. The minimum atomic E-state index is -0.122. The van der Waals surface area contributed by atoms with Gasteiger partial charge in [-0.1, -0.05) is 30.3 Å². The van der Waals surface area contributed by atoms with E-state index in [1.807, 2.05) is 46.8 Å². The number of nitrogens with zero attached hydrogens (tertiary/aromatic N) is 1. The van der Waals surface area contributed by atoms with Crippen LogP contribution in [0.25, 0.3) is 0 Å². The normalized spacial score (nSPS) is 21.8. The zero-order chi connectivity index (χ0) is 16.5. The van der Waals surface area contributed by atoms with Gasteiger partial charge in [0, 0.05) is 0 Å². The molecule has 1 fully saturated rings. The van der Waals surface area contributed by atoms with E-state index < -0.39 is 0 Å². The summed E-state index contributed by atoms with van der Waals surface area (Å²) in [4.78, 5) is 24.9. The number of aromatic amines is 1. The van der Waals surface area contributed by atoms with Gasteiger partial charge in [-0.15, -0.1) is 11.8 Å². The monoisotopic (exact) mass is 361 g/mol. The lowest BCUT2D eigenvalue weighted by molar-refractivity contribution is -0.113. The van der Waals surface area contributed by atoms with E-state index in [9.17, 15) is 9.59 Å². The fraction of sp³-hybridized carbons (Fsp3) is 0.412. The molecule has 0 aliphatic carbocycles. The number of anilines is 1. The van der Waals surface area contributed by atoms with Crippen molar-refractivity contribution in [2.45, 2.75) is 24.1 Å². The predicted octanol–water partition coefficient (Wildman–Crippen LogP) is 3.02. The van der Waals surface area contributed by atoms with Crippen molar-refractivity contribution in [3.63, 3.8) is 0 Å². The second kappa shape index (κ2) is 6.72. The average molecular weight is 361 g/mol. The van der Waals surface area contributed by atoms with Crippen LogP contribution in [0.5, 0.6) is 0 Å². The highest BCUT2D eigenvalue weighted by molar-refractivity contribution is 8.00. The molecular weight excluding hydrogens is 342 g/mol. The molecule has 1 saturated heterocycles. The molecule has 0 saturated carbocycles.